The zero-order valence-corrected chi connectivity index (χ0v) is 10.8. The number of hydrogen-bond acceptors (Lipinski definition) is 4. The second-order valence-corrected chi connectivity index (χ2v) is 3.84. The zero-order valence-electron chi connectivity index (χ0n) is 10.8. The van der Waals surface area contributed by atoms with Gasteiger partial charge in [-0.05, 0) is 25.3 Å². The molecule has 0 saturated heterocycles. The van der Waals surface area contributed by atoms with Crippen molar-refractivity contribution in [2.45, 2.75) is 19.8 Å². The van der Waals surface area contributed by atoms with Crippen LogP contribution in [0, 0.1) is 0 Å². The van der Waals surface area contributed by atoms with Crippen LogP contribution in [0.5, 0.6) is 0 Å². The minimum Gasteiger partial charge on any atom is -0.460 e. The van der Waals surface area contributed by atoms with Crippen LogP contribution >= 0.6 is 0 Å². The summed E-state index contributed by atoms with van der Waals surface area (Å²) in [6, 6.07) is 7.01. The first kappa shape index (κ1) is 14.4. The number of methoxy groups -OCH3 is 1. The Balaban J connectivity index is 2.59. The molecular formula is C14H18O4. The summed E-state index contributed by atoms with van der Waals surface area (Å²) in [7, 11) is 1.67. The highest BCUT2D eigenvalue weighted by Gasteiger charge is 2.16. The number of esters is 1. The average molecular weight is 250 g/mol. The smallest absolute Gasteiger partial charge is 0.379 e. The highest BCUT2D eigenvalue weighted by molar-refractivity contribution is 6.40. The van der Waals surface area contributed by atoms with Gasteiger partial charge in [-0.1, -0.05) is 24.3 Å². The van der Waals surface area contributed by atoms with E-state index in [4.69, 9.17) is 4.74 Å². The molecule has 0 amide bonds. The molecule has 4 heteroatoms. The number of Topliss-reactive ketones (excluding diaryl/α,β-unsaturated/α-hetero) is 1. The van der Waals surface area contributed by atoms with Crippen molar-refractivity contribution >= 4 is 11.8 Å². The Morgan fingerprint density at radius 3 is 2.39 bits per heavy atom. The molecule has 0 heterocycles. The molecular weight excluding hydrogens is 232 g/mol. The molecule has 0 atom stereocenters. The van der Waals surface area contributed by atoms with Gasteiger partial charge in [0.2, 0.25) is 0 Å². The van der Waals surface area contributed by atoms with Crippen LogP contribution in [0.3, 0.4) is 0 Å². The number of ether oxygens (including phenoxy) is 2. The van der Waals surface area contributed by atoms with Gasteiger partial charge in [-0.25, -0.2) is 4.79 Å². The van der Waals surface area contributed by atoms with E-state index in [2.05, 4.69) is 4.74 Å². The van der Waals surface area contributed by atoms with Crippen LogP contribution in [0.1, 0.15) is 29.3 Å². The maximum atomic E-state index is 11.6. The summed E-state index contributed by atoms with van der Waals surface area (Å²) >= 11 is 0. The lowest BCUT2D eigenvalue weighted by Gasteiger charge is -2.03. The minimum absolute atomic E-state index is 0.208. The van der Waals surface area contributed by atoms with Crippen molar-refractivity contribution in [3.05, 3.63) is 35.4 Å². The van der Waals surface area contributed by atoms with E-state index in [0.717, 1.165) is 18.4 Å². The summed E-state index contributed by atoms with van der Waals surface area (Å²) in [5.74, 6) is -1.40. The lowest BCUT2D eigenvalue weighted by molar-refractivity contribution is -0.137. The summed E-state index contributed by atoms with van der Waals surface area (Å²) in [6.45, 7) is 2.59. The van der Waals surface area contributed by atoms with E-state index in [0.29, 0.717) is 12.2 Å². The lowest BCUT2D eigenvalue weighted by atomic mass is 10.1. The van der Waals surface area contributed by atoms with Gasteiger partial charge in [-0.3, -0.25) is 4.79 Å². The fourth-order valence-corrected chi connectivity index (χ4v) is 1.56. The molecule has 0 radical (unpaired) electrons. The first-order chi connectivity index (χ1) is 8.69. The fraction of sp³-hybridized carbons (Fsp3) is 0.429. The Labute approximate surface area is 107 Å². The summed E-state index contributed by atoms with van der Waals surface area (Å²) in [4.78, 5) is 22.9. The highest BCUT2D eigenvalue weighted by atomic mass is 16.5. The third kappa shape index (κ3) is 4.30. The Hall–Kier alpha value is -1.68. The van der Waals surface area contributed by atoms with E-state index in [9.17, 15) is 9.59 Å². The van der Waals surface area contributed by atoms with E-state index >= 15 is 0 Å². The molecule has 1 aromatic carbocycles. The predicted octanol–water partition coefficient (Wildman–Crippen LogP) is 2.01. The molecule has 0 aromatic heterocycles. The van der Waals surface area contributed by atoms with Crippen LogP contribution in [0.15, 0.2) is 24.3 Å². The number of hydrogen-bond donors (Lipinski definition) is 0. The van der Waals surface area contributed by atoms with Gasteiger partial charge in [-0.15, -0.1) is 0 Å². The van der Waals surface area contributed by atoms with Crippen LogP contribution in [0.2, 0.25) is 0 Å². The Bertz CT molecular complexity index is 395. The Kier molecular flexibility index (Phi) is 6.08. The van der Waals surface area contributed by atoms with Gasteiger partial charge in [0.25, 0.3) is 5.78 Å². The maximum absolute atomic E-state index is 11.6. The van der Waals surface area contributed by atoms with Crippen molar-refractivity contribution < 1.29 is 19.1 Å². The topological polar surface area (TPSA) is 52.6 Å². The molecule has 1 aromatic rings. The van der Waals surface area contributed by atoms with E-state index in [1.165, 1.54) is 0 Å². The predicted molar refractivity (Wildman–Crippen MR) is 67.6 cm³/mol. The van der Waals surface area contributed by atoms with Crippen molar-refractivity contribution in [3.8, 4) is 0 Å². The van der Waals surface area contributed by atoms with Crippen molar-refractivity contribution in [1.29, 1.82) is 0 Å². The number of benzene rings is 1. The van der Waals surface area contributed by atoms with E-state index in [1.807, 2.05) is 12.1 Å². The normalized spacial score (nSPS) is 10.1. The molecule has 0 bridgehead atoms. The quantitative estimate of drug-likeness (QED) is 0.321. The average Bonchev–Trinajstić information content (AvgIpc) is 2.39. The van der Waals surface area contributed by atoms with Crippen LogP contribution in [-0.4, -0.2) is 32.1 Å². The van der Waals surface area contributed by atoms with Gasteiger partial charge in [0.05, 0.1) is 6.61 Å². The van der Waals surface area contributed by atoms with Crippen LogP contribution in [0.25, 0.3) is 0 Å². The molecule has 18 heavy (non-hydrogen) atoms. The monoisotopic (exact) mass is 250 g/mol. The number of rotatable bonds is 7. The van der Waals surface area contributed by atoms with Gasteiger partial charge in [0.1, 0.15) is 0 Å². The molecule has 0 aliphatic rings. The molecule has 98 valence electrons. The van der Waals surface area contributed by atoms with Gasteiger partial charge in [0.15, 0.2) is 0 Å². The number of carbonyl (C=O) groups is 2. The fourth-order valence-electron chi connectivity index (χ4n) is 1.56. The van der Waals surface area contributed by atoms with Crippen molar-refractivity contribution in [3.63, 3.8) is 0 Å². The third-order valence-electron chi connectivity index (χ3n) is 2.49. The summed E-state index contributed by atoms with van der Waals surface area (Å²) in [5.41, 5.74) is 1.48. The molecule has 0 unspecified atom stereocenters. The van der Waals surface area contributed by atoms with E-state index in [1.54, 1.807) is 26.2 Å². The summed E-state index contributed by atoms with van der Waals surface area (Å²) in [6.07, 6.45) is 1.82. The molecule has 0 aliphatic heterocycles. The van der Waals surface area contributed by atoms with Crippen LogP contribution < -0.4 is 0 Å². The van der Waals surface area contributed by atoms with Gasteiger partial charge >= 0.3 is 5.97 Å². The number of carbonyl (C=O) groups excluding carboxylic acids is 2. The highest BCUT2D eigenvalue weighted by Crippen LogP contribution is 2.08. The SMILES string of the molecule is CCOC(=O)C(=O)c1ccc(CCCOC)cc1. The van der Waals surface area contributed by atoms with Gasteiger partial charge in [0, 0.05) is 19.3 Å². The zero-order chi connectivity index (χ0) is 13.4. The molecule has 0 aliphatic carbocycles. The molecule has 0 spiro atoms. The molecule has 1 rings (SSSR count). The van der Waals surface area contributed by atoms with Crippen molar-refractivity contribution in [2.24, 2.45) is 0 Å². The molecule has 4 nitrogen and oxygen atoms in total. The molecule has 0 saturated carbocycles. The van der Waals surface area contributed by atoms with E-state index in [-0.39, 0.29) is 6.61 Å². The van der Waals surface area contributed by atoms with Crippen LogP contribution in [-0.2, 0) is 20.7 Å². The second kappa shape index (κ2) is 7.61. The van der Waals surface area contributed by atoms with Crippen molar-refractivity contribution in [2.75, 3.05) is 20.3 Å². The summed E-state index contributed by atoms with van der Waals surface area (Å²) < 4.78 is 9.63. The maximum Gasteiger partial charge on any atom is 0.379 e. The lowest BCUT2D eigenvalue weighted by Crippen LogP contribution is -2.17. The summed E-state index contributed by atoms with van der Waals surface area (Å²) in [5, 5.41) is 0. The van der Waals surface area contributed by atoms with Crippen molar-refractivity contribution in [1.82, 2.24) is 0 Å². The number of aryl methyl sites for hydroxylation is 1. The Morgan fingerprint density at radius 2 is 1.83 bits per heavy atom. The van der Waals surface area contributed by atoms with Gasteiger partial charge in [-0.2, -0.15) is 0 Å². The minimum atomic E-state index is -0.801. The second-order valence-electron chi connectivity index (χ2n) is 3.84. The third-order valence-corrected chi connectivity index (χ3v) is 2.49. The standard InChI is InChI=1S/C14H18O4/c1-3-18-14(16)13(15)12-8-6-11(7-9-12)5-4-10-17-2/h6-9H,3-5,10H2,1-2H3. The first-order valence-electron chi connectivity index (χ1n) is 5.98. The molecule has 0 fully saturated rings. The first-order valence-corrected chi connectivity index (χ1v) is 5.98. The Morgan fingerprint density at radius 1 is 1.17 bits per heavy atom. The molecule has 0 N–H and O–H groups in total. The number of ketones is 1. The van der Waals surface area contributed by atoms with Gasteiger partial charge < -0.3 is 9.47 Å². The van der Waals surface area contributed by atoms with E-state index < -0.39 is 11.8 Å². The largest absolute Gasteiger partial charge is 0.460 e. The van der Waals surface area contributed by atoms with Crippen LogP contribution in [0.4, 0.5) is 0 Å².